The quantitative estimate of drug-likeness (QED) is 0.848. The van der Waals surface area contributed by atoms with E-state index < -0.39 is 0 Å². The summed E-state index contributed by atoms with van der Waals surface area (Å²) in [7, 11) is 3.25. The van der Waals surface area contributed by atoms with Crippen molar-refractivity contribution in [2.45, 2.75) is 13.8 Å². The number of nitrogens with zero attached hydrogens (tertiary/aromatic N) is 3. The Kier molecular flexibility index (Phi) is 5.41. The van der Waals surface area contributed by atoms with Crippen LogP contribution in [-0.2, 0) is 0 Å². The van der Waals surface area contributed by atoms with Crippen molar-refractivity contribution in [3.63, 3.8) is 0 Å². The van der Waals surface area contributed by atoms with Crippen molar-refractivity contribution in [1.82, 2.24) is 9.97 Å². The van der Waals surface area contributed by atoms with Gasteiger partial charge in [-0.05, 0) is 32.0 Å². The van der Waals surface area contributed by atoms with Crippen LogP contribution in [0, 0.1) is 0 Å². The lowest BCUT2D eigenvalue weighted by molar-refractivity contribution is 0.395. The molecule has 6 nitrogen and oxygen atoms in total. The van der Waals surface area contributed by atoms with Crippen LogP contribution >= 0.6 is 0 Å². The molecule has 0 aliphatic heterocycles. The molecule has 0 aliphatic carbocycles. The van der Waals surface area contributed by atoms with E-state index in [0.717, 1.165) is 30.3 Å². The summed E-state index contributed by atoms with van der Waals surface area (Å²) in [5, 5.41) is 3.26. The molecule has 2 rings (SSSR count). The lowest BCUT2D eigenvalue weighted by Gasteiger charge is -2.19. The first-order valence-corrected chi connectivity index (χ1v) is 7.28. The van der Waals surface area contributed by atoms with E-state index in [0.29, 0.717) is 11.7 Å². The maximum atomic E-state index is 5.38. The predicted octanol–water partition coefficient (Wildman–Crippen LogP) is 3.08. The zero-order valence-electron chi connectivity index (χ0n) is 13.5. The molecule has 0 radical (unpaired) electrons. The fourth-order valence-corrected chi connectivity index (χ4v) is 2.12. The Balaban J connectivity index is 2.25. The molecule has 0 atom stereocenters. The average molecular weight is 302 g/mol. The SMILES string of the molecule is CCN(CC)c1nccc(Nc2ccc(OC)cc2OC)n1. The Bertz CT molecular complexity index is 615. The third kappa shape index (κ3) is 3.58. The van der Waals surface area contributed by atoms with Gasteiger partial charge in [0.15, 0.2) is 0 Å². The molecule has 0 bridgehead atoms. The van der Waals surface area contributed by atoms with Crippen LogP contribution in [0.25, 0.3) is 0 Å². The second-order valence-electron chi connectivity index (χ2n) is 4.61. The van der Waals surface area contributed by atoms with Gasteiger partial charge in [0.2, 0.25) is 5.95 Å². The number of anilines is 3. The van der Waals surface area contributed by atoms with Gasteiger partial charge in [-0.25, -0.2) is 4.98 Å². The molecular weight excluding hydrogens is 280 g/mol. The first kappa shape index (κ1) is 15.9. The van der Waals surface area contributed by atoms with Gasteiger partial charge >= 0.3 is 0 Å². The van der Waals surface area contributed by atoms with Gasteiger partial charge in [0.05, 0.1) is 19.9 Å². The van der Waals surface area contributed by atoms with Gasteiger partial charge in [-0.2, -0.15) is 4.98 Å². The molecule has 0 saturated carbocycles. The van der Waals surface area contributed by atoms with Crippen LogP contribution in [0.2, 0.25) is 0 Å². The van der Waals surface area contributed by atoms with E-state index in [4.69, 9.17) is 9.47 Å². The van der Waals surface area contributed by atoms with Crippen LogP contribution in [0.3, 0.4) is 0 Å². The lowest BCUT2D eigenvalue weighted by atomic mass is 10.2. The molecule has 1 N–H and O–H groups in total. The summed E-state index contributed by atoms with van der Waals surface area (Å²) in [6.07, 6.45) is 1.75. The lowest BCUT2D eigenvalue weighted by Crippen LogP contribution is -2.24. The standard InChI is InChI=1S/C16H22N4O2/c1-5-20(6-2)16-17-10-9-15(19-16)18-13-8-7-12(21-3)11-14(13)22-4/h7-11H,5-6H2,1-4H3,(H,17,18,19). The maximum absolute atomic E-state index is 5.38. The Morgan fingerprint density at radius 2 is 1.86 bits per heavy atom. The van der Waals surface area contributed by atoms with Crippen molar-refractivity contribution in [3.8, 4) is 11.5 Å². The highest BCUT2D eigenvalue weighted by molar-refractivity contribution is 5.66. The number of hydrogen-bond donors (Lipinski definition) is 1. The van der Waals surface area contributed by atoms with Crippen LogP contribution in [-0.4, -0.2) is 37.3 Å². The van der Waals surface area contributed by atoms with Crippen LogP contribution < -0.4 is 19.7 Å². The minimum Gasteiger partial charge on any atom is -0.497 e. The van der Waals surface area contributed by atoms with E-state index in [1.54, 1.807) is 20.4 Å². The van der Waals surface area contributed by atoms with Gasteiger partial charge < -0.3 is 19.7 Å². The van der Waals surface area contributed by atoms with Crippen molar-refractivity contribution in [2.24, 2.45) is 0 Å². The summed E-state index contributed by atoms with van der Waals surface area (Å²) < 4.78 is 10.6. The highest BCUT2D eigenvalue weighted by Crippen LogP contribution is 2.31. The summed E-state index contributed by atoms with van der Waals surface area (Å²) >= 11 is 0. The van der Waals surface area contributed by atoms with Gasteiger partial charge in [-0.15, -0.1) is 0 Å². The zero-order valence-corrected chi connectivity index (χ0v) is 13.5. The second-order valence-corrected chi connectivity index (χ2v) is 4.61. The van der Waals surface area contributed by atoms with Crippen molar-refractivity contribution in [3.05, 3.63) is 30.5 Å². The van der Waals surface area contributed by atoms with E-state index >= 15 is 0 Å². The first-order valence-electron chi connectivity index (χ1n) is 7.28. The number of nitrogens with one attached hydrogen (secondary N) is 1. The smallest absolute Gasteiger partial charge is 0.227 e. The highest BCUT2D eigenvalue weighted by Gasteiger charge is 2.09. The van der Waals surface area contributed by atoms with E-state index in [9.17, 15) is 0 Å². The molecule has 0 aliphatic rings. The van der Waals surface area contributed by atoms with Gasteiger partial charge in [0.1, 0.15) is 17.3 Å². The Labute approximate surface area is 131 Å². The van der Waals surface area contributed by atoms with Crippen LogP contribution in [0.5, 0.6) is 11.5 Å². The minimum atomic E-state index is 0.697. The maximum Gasteiger partial charge on any atom is 0.227 e. The first-order chi connectivity index (χ1) is 10.7. The third-order valence-corrected chi connectivity index (χ3v) is 3.36. The fraction of sp³-hybridized carbons (Fsp3) is 0.375. The summed E-state index contributed by atoms with van der Waals surface area (Å²) in [6, 6.07) is 7.43. The van der Waals surface area contributed by atoms with Gasteiger partial charge in [-0.3, -0.25) is 0 Å². The van der Waals surface area contributed by atoms with E-state index in [1.807, 2.05) is 24.3 Å². The summed E-state index contributed by atoms with van der Waals surface area (Å²) in [5.74, 6) is 2.87. The number of aromatic nitrogens is 2. The topological polar surface area (TPSA) is 59.5 Å². The van der Waals surface area contributed by atoms with E-state index in [-0.39, 0.29) is 0 Å². The largest absolute Gasteiger partial charge is 0.497 e. The average Bonchev–Trinajstić information content (AvgIpc) is 2.57. The normalized spacial score (nSPS) is 10.2. The third-order valence-electron chi connectivity index (χ3n) is 3.36. The molecule has 0 fully saturated rings. The van der Waals surface area contributed by atoms with Crippen LogP contribution in [0.1, 0.15) is 13.8 Å². The Hall–Kier alpha value is -2.50. The minimum absolute atomic E-state index is 0.697. The summed E-state index contributed by atoms with van der Waals surface area (Å²) in [4.78, 5) is 11.0. The van der Waals surface area contributed by atoms with Gasteiger partial charge in [0.25, 0.3) is 0 Å². The Morgan fingerprint density at radius 3 is 2.50 bits per heavy atom. The predicted molar refractivity (Wildman–Crippen MR) is 88.4 cm³/mol. The molecule has 1 heterocycles. The monoisotopic (exact) mass is 302 g/mol. The zero-order chi connectivity index (χ0) is 15.9. The number of methoxy groups -OCH3 is 2. The molecule has 0 amide bonds. The van der Waals surface area contributed by atoms with Crippen molar-refractivity contribution >= 4 is 17.5 Å². The molecule has 0 spiro atoms. The molecule has 1 aromatic carbocycles. The van der Waals surface area contributed by atoms with Crippen molar-refractivity contribution in [2.75, 3.05) is 37.5 Å². The number of benzene rings is 1. The van der Waals surface area contributed by atoms with Crippen LogP contribution in [0.4, 0.5) is 17.5 Å². The second kappa shape index (κ2) is 7.49. The number of rotatable bonds is 7. The van der Waals surface area contributed by atoms with Gasteiger partial charge in [-0.1, -0.05) is 0 Å². The highest BCUT2D eigenvalue weighted by atomic mass is 16.5. The van der Waals surface area contributed by atoms with E-state index in [1.165, 1.54) is 0 Å². The van der Waals surface area contributed by atoms with Crippen LogP contribution in [0.15, 0.2) is 30.5 Å². The van der Waals surface area contributed by atoms with Crippen molar-refractivity contribution < 1.29 is 9.47 Å². The molecular formula is C16H22N4O2. The number of ether oxygens (including phenoxy) is 2. The summed E-state index contributed by atoms with van der Waals surface area (Å²) in [6.45, 7) is 5.90. The molecule has 0 saturated heterocycles. The molecule has 6 heteroatoms. The summed E-state index contributed by atoms with van der Waals surface area (Å²) in [5.41, 5.74) is 0.826. The molecule has 22 heavy (non-hydrogen) atoms. The molecule has 0 unspecified atom stereocenters. The van der Waals surface area contributed by atoms with Gasteiger partial charge in [0, 0.05) is 25.4 Å². The Morgan fingerprint density at radius 1 is 1.09 bits per heavy atom. The number of hydrogen-bond acceptors (Lipinski definition) is 6. The van der Waals surface area contributed by atoms with E-state index in [2.05, 4.69) is 34.0 Å². The fourth-order valence-electron chi connectivity index (χ4n) is 2.12. The van der Waals surface area contributed by atoms with Crippen molar-refractivity contribution in [1.29, 1.82) is 0 Å². The molecule has 2 aromatic rings. The molecule has 118 valence electrons. The molecule has 1 aromatic heterocycles.